The summed E-state index contributed by atoms with van der Waals surface area (Å²) in [7, 11) is 3.33. The van der Waals surface area contributed by atoms with Crippen LogP contribution in [0.2, 0.25) is 0 Å². The maximum Gasteiger partial charge on any atom is 0.160 e. The highest BCUT2D eigenvalue weighted by molar-refractivity contribution is 5.44. The van der Waals surface area contributed by atoms with E-state index in [4.69, 9.17) is 9.47 Å². The van der Waals surface area contributed by atoms with Gasteiger partial charge in [-0.25, -0.2) is 0 Å². The molecular formula is C18H25NO2. The minimum atomic E-state index is 0.0983. The number of nitriles is 1. The van der Waals surface area contributed by atoms with Gasteiger partial charge >= 0.3 is 0 Å². The molecule has 21 heavy (non-hydrogen) atoms. The monoisotopic (exact) mass is 287 g/mol. The SMILES string of the molecule is COc1ccc(C2CCCCCC2C(C)C#N)cc1OC. The first-order valence-electron chi connectivity index (χ1n) is 7.82. The van der Waals surface area contributed by atoms with Gasteiger partial charge in [-0.3, -0.25) is 0 Å². The van der Waals surface area contributed by atoms with E-state index in [1.165, 1.54) is 24.8 Å². The lowest BCUT2D eigenvalue weighted by atomic mass is 9.76. The van der Waals surface area contributed by atoms with Gasteiger partial charge in [-0.05, 0) is 49.3 Å². The van der Waals surface area contributed by atoms with E-state index in [9.17, 15) is 5.26 Å². The predicted octanol–water partition coefficient (Wildman–Crippen LogP) is 4.53. The number of methoxy groups -OCH3 is 2. The minimum Gasteiger partial charge on any atom is -0.493 e. The Morgan fingerprint density at radius 1 is 1.10 bits per heavy atom. The van der Waals surface area contributed by atoms with Crippen LogP contribution in [0.4, 0.5) is 0 Å². The first-order chi connectivity index (χ1) is 10.2. The maximum absolute atomic E-state index is 9.33. The molecule has 0 radical (unpaired) electrons. The van der Waals surface area contributed by atoms with E-state index in [0.29, 0.717) is 11.8 Å². The van der Waals surface area contributed by atoms with Crippen LogP contribution in [-0.2, 0) is 0 Å². The Hall–Kier alpha value is -1.69. The van der Waals surface area contributed by atoms with Crippen LogP contribution >= 0.6 is 0 Å². The average Bonchev–Trinajstić information content (AvgIpc) is 2.79. The van der Waals surface area contributed by atoms with Gasteiger partial charge < -0.3 is 9.47 Å². The second kappa shape index (κ2) is 7.36. The molecule has 0 heterocycles. The molecule has 0 spiro atoms. The van der Waals surface area contributed by atoms with Crippen molar-refractivity contribution in [2.24, 2.45) is 11.8 Å². The molecule has 2 rings (SSSR count). The van der Waals surface area contributed by atoms with Crippen molar-refractivity contribution in [3.8, 4) is 17.6 Å². The summed E-state index contributed by atoms with van der Waals surface area (Å²) in [5.41, 5.74) is 1.28. The second-order valence-electron chi connectivity index (χ2n) is 5.94. The van der Waals surface area contributed by atoms with Crippen LogP contribution in [0.3, 0.4) is 0 Å². The third-order valence-electron chi connectivity index (χ3n) is 4.75. The van der Waals surface area contributed by atoms with Crippen LogP contribution in [0.5, 0.6) is 11.5 Å². The summed E-state index contributed by atoms with van der Waals surface area (Å²) in [6, 6.07) is 8.66. The molecule has 1 saturated carbocycles. The summed E-state index contributed by atoms with van der Waals surface area (Å²) in [4.78, 5) is 0. The molecule has 1 aromatic carbocycles. The molecule has 0 bridgehead atoms. The summed E-state index contributed by atoms with van der Waals surface area (Å²) >= 11 is 0. The summed E-state index contributed by atoms with van der Waals surface area (Å²) in [5.74, 6) is 2.53. The number of nitrogens with zero attached hydrogens (tertiary/aromatic N) is 1. The van der Waals surface area contributed by atoms with Crippen molar-refractivity contribution in [2.45, 2.75) is 44.9 Å². The Balaban J connectivity index is 2.34. The smallest absolute Gasteiger partial charge is 0.160 e. The molecule has 0 aromatic heterocycles. The highest BCUT2D eigenvalue weighted by atomic mass is 16.5. The van der Waals surface area contributed by atoms with Crippen molar-refractivity contribution in [3.05, 3.63) is 23.8 Å². The summed E-state index contributed by atoms with van der Waals surface area (Å²) < 4.78 is 10.8. The van der Waals surface area contributed by atoms with Crippen molar-refractivity contribution in [1.29, 1.82) is 5.26 Å². The third-order valence-corrected chi connectivity index (χ3v) is 4.75. The normalized spacial score (nSPS) is 23.7. The fourth-order valence-corrected chi connectivity index (χ4v) is 3.53. The topological polar surface area (TPSA) is 42.2 Å². The largest absolute Gasteiger partial charge is 0.493 e. The van der Waals surface area contributed by atoms with Gasteiger partial charge in [-0.15, -0.1) is 0 Å². The first-order valence-corrected chi connectivity index (χ1v) is 7.82. The number of benzene rings is 1. The summed E-state index contributed by atoms with van der Waals surface area (Å²) in [6.45, 7) is 2.06. The van der Waals surface area contributed by atoms with Crippen LogP contribution < -0.4 is 9.47 Å². The highest BCUT2D eigenvalue weighted by Gasteiger charge is 2.30. The molecule has 3 heteroatoms. The fraction of sp³-hybridized carbons (Fsp3) is 0.611. The fourth-order valence-electron chi connectivity index (χ4n) is 3.53. The number of rotatable bonds is 4. The zero-order chi connectivity index (χ0) is 15.2. The van der Waals surface area contributed by atoms with Crippen molar-refractivity contribution in [2.75, 3.05) is 14.2 Å². The van der Waals surface area contributed by atoms with Gasteiger partial charge in [0.05, 0.1) is 20.3 Å². The van der Waals surface area contributed by atoms with Crippen LogP contribution in [0.15, 0.2) is 18.2 Å². The molecule has 3 unspecified atom stereocenters. The third kappa shape index (κ3) is 3.50. The molecule has 3 nitrogen and oxygen atoms in total. The van der Waals surface area contributed by atoms with Gasteiger partial charge in [-0.1, -0.05) is 25.3 Å². The number of hydrogen-bond donors (Lipinski definition) is 0. The zero-order valence-electron chi connectivity index (χ0n) is 13.3. The van der Waals surface area contributed by atoms with Gasteiger partial charge in [0.2, 0.25) is 0 Å². The highest BCUT2D eigenvalue weighted by Crippen LogP contribution is 2.42. The quantitative estimate of drug-likeness (QED) is 0.764. The lowest BCUT2D eigenvalue weighted by molar-refractivity contribution is 0.327. The van der Waals surface area contributed by atoms with E-state index < -0.39 is 0 Å². The lowest BCUT2D eigenvalue weighted by Crippen LogP contribution is -2.18. The van der Waals surface area contributed by atoms with E-state index in [0.717, 1.165) is 24.3 Å². The van der Waals surface area contributed by atoms with Gasteiger partial charge in [0.25, 0.3) is 0 Å². The summed E-state index contributed by atoms with van der Waals surface area (Å²) in [6.07, 6.45) is 6.06. The Morgan fingerprint density at radius 2 is 1.81 bits per heavy atom. The Labute approximate surface area is 127 Å². The van der Waals surface area contributed by atoms with Crippen LogP contribution in [-0.4, -0.2) is 14.2 Å². The van der Waals surface area contributed by atoms with E-state index in [1.54, 1.807) is 14.2 Å². The molecule has 0 N–H and O–H groups in total. The van der Waals surface area contributed by atoms with Gasteiger partial charge in [-0.2, -0.15) is 5.26 Å². The standard InChI is InChI=1S/C18H25NO2/c1-13(12-19)15-7-5-4-6-8-16(15)14-9-10-17(20-2)18(11-14)21-3/h9-11,13,15-16H,4-8H2,1-3H3. The molecule has 1 fully saturated rings. The molecule has 1 aliphatic carbocycles. The number of hydrogen-bond acceptors (Lipinski definition) is 3. The van der Waals surface area contributed by atoms with Crippen molar-refractivity contribution >= 4 is 0 Å². The molecule has 1 aromatic rings. The number of ether oxygens (including phenoxy) is 2. The first kappa shape index (κ1) is 15.7. The van der Waals surface area contributed by atoms with Gasteiger partial charge in [0.15, 0.2) is 11.5 Å². The molecule has 0 amide bonds. The van der Waals surface area contributed by atoms with Gasteiger partial charge in [0.1, 0.15) is 0 Å². The van der Waals surface area contributed by atoms with E-state index >= 15 is 0 Å². The molecule has 1 aliphatic rings. The van der Waals surface area contributed by atoms with Crippen LogP contribution in [0.1, 0.15) is 50.5 Å². The predicted molar refractivity (Wildman–Crippen MR) is 83.6 cm³/mol. The van der Waals surface area contributed by atoms with Crippen molar-refractivity contribution in [1.82, 2.24) is 0 Å². The van der Waals surface area contributed by atoms with E-state index in [2.05, 4.69) is 25.1 Å². The van der Waals surface area contributed by atoms with E-state index in [-0.39, 0.29) is 5.92 Å². The second-order valence-corrected chi connectivity index (χ2v) is 5.94. The zero-order valence-corrected chi connectivity index (χ0v) is 13.3. The lowest BCUT2D eigenvalue weighted by Gasteiger charge is -2.28. The Bertz CT molecular complexity index is 506. The summed E-state index contributed by atoms with van der Waals surface area (Å²) in [5, 5.41) is 9.33. The molecule has 114 valence electrons. The molecular weight excluding hydrogens is 262 g/mol. The van der Waals surface area contributed by atoms with Gasteiger partial charge in [0, 0.05) is 5.92 Å². The Morgan fingerprint density at radius 3 is 2.48 bits per heavy atom. The Kier molecular flexibility index (Phi) is 5.50. The minimum absolute atomic E-state index is 0.0983. The molecule has 0 saturated heterocycles. The van der Waals surface area contributed by atoms with Crippen molar-refractivity contribution in [3.63, 3.8) is 0 Å². The van der Waals surface area contributed by atoms with E-state index in [1.807, 2.05) is 6.07 Å². The molecule has 0 aliphatic heterocycles. The van der Waals surface area contributed by atoms with Crippen molar-refractivity contribution < 1.29 is 9.47 Å². The molecule has 3 atom stereocenters. The van der Waals surface area contributed by atoms with Crippen LogP contribution in [0.25, 0.3) is 0 Å². The van der Waals surface area contributed by atoms with Crippen LogP contribution in [0, 0.1) is 23.2 Å². The maximum atomic E-state index is 9.33. The average molecular weight is 287 g/mol.